The van der Waals surface area contributed by atoms with Crippen LogP contribution in [-0.4, -0.2) is 37.9 Å². The van der Waals surface area contributed by atoms with Crippen LogP contribution in [0.25, 0.3) is 0 Å². The van der Waals surface area contributed by atoms with E-state index in [0.29, 0.717) is 38.0 Å². The van der Waals surface area contributed by atoms with Crippen molar-refractivity contribution in [1.82, 2.24) is 10.6 Å². The summed E-state index contributed by atoms with van der Waals surface area (Å²) in [5, 5.41) is 16.3. The summed E-state index contributed by atoms with van der Waals surface area (Å²) in [4.78, 5) is 4.52. The van der Waals surface area contributed by atoms with Crippen molar-refractivity contribution in [2.45, 2.75) is 20.1 Å². The number of hydrogen-bond donors (Lipinski definition) is 3. The van der Waals surface area contributed by atoms with Gasteiger partial charge in [-0.05, 0) is 30.2 Å². The van der Waals surface area contributed by atoms with Gasteiger partial charge in [0.25, 0.3) is 0 Å². The second-order valence-electron chi connectivity index (χ2n) is 5.67. The number of phenols is 1. The fraction of sp³-hybridized carbons (Fsp3) is 0.350. The van der Waals surface area contributed by atoms with Crippen LogP contribution in [0.5, 0.6) is 11.5 Å². The molecule has 2 aromatic rings. The molecule has 0 saturated heterocycles. The molecule has 140 valence electrons. The van der Waals surface area contributed by atoms with Crippen LogP contribution in [0.4, 0.5) is 0 Å². The summed E-state index contributed by atoms with van der Waals surface area (Å²) >= 11 is 0. The van der Waals surface area contributed by atoms with Crippen molar-refractivity contribution < 1.29 is 14.6 Å². The summed E-state index contributed by atoms with van der Waals surface area (Å²) < 4.78 is 10.7. The SMILES string of the molecule is CCNC(=NCc1ccc(OC)c(O)c1)NCCOCc1ccccc1. The largest absolute Gasteiger partial charge is 0.504 e. The summed E-state index contributed by atoms with van der Waals surface area (Å²) in [5.41, 5.74) is 2.06. The summed E-state index contributed by atoms with van der Waals surface area (Å²) in [5.74, 6) is 1.29. The number of aromatic hydroxyl groups is 1. The normalized spacial score (nSPS) is 11.2. The van der Waals surface area contributed by atoms with E-state index in [9.17, 15) is 5.11 Å². The van der Waals surface area contributed by atoms with Crippen LogP contribution in [0.3, 0.4) is 0 Å². The number of methoxy groups -OCH3 is 1. The van der Waals surface area contributed by atoms with E-state index in [1.165, 1.54) is 7.11 Å². The Kier molecular flexibility index (Phi) is 8.29. The van der Waals surface area contributed by atoms with Gasteiger partial charge >= 0.3 is 0 Å². The molecule has 0 radical (unpaired) electrons. The third-order valence-electron chi connectivity index (χ3n) is 3.66. The number of guanidine groups is 1. The zero-order chi connectivity index (χ0) is 18.6. The molecule has 0 amide bonds. The minimum absolute atomic E-state index is 0.118. The maximum atomic E-state index is 9.83. The van der Waals surface area contributed by atoms with Crippen molar-refractivity contribution in [3.63, 3.8) is 0 Å². The van der Waals surface area contributed by atoms with E-state index in [-0.39, 0.29) is 5.75 Å². The minimum atomic E-state index is 0.118. The molecule has 26 heavy (non-hydrogen) atoms. The lowest BCUT2D eigenvalue weighted by atomic mass is 10.2. The molecule has 0 aromatic heterocycles. The maximum absolute atomic E-state index is 9.83. The molecule has 6 heteroatoms. The molecule has 0 aliphatic heterocycles. The van der Waals surface area contributed by atoms with Crippen LogP contribution in [0, 0.1) is 0 Å². The van der Waals surface area contributed by atoms with Gasteiger partial charge in [0.05, 0.1) is 26.9 Å². The molecule has 3 N–H and O–H groups in total. The first-order valence-corrected chi connectivity index (χ1v) is 8.72. The lowest BCUT2D eigenvalue weighted by Gasteiger charge is -2.12. The molecule has 2 rings (SSSR count). The quantitative estimate of drug-likeness (QED) is 0.365. The molecule has 0 fully saturated rings. The monoisotopic (exact) mass is 357 g/mol. The van der Waals surface area contributed by atoms with Gasteiger partial charge in [-0.15, -0.1) is 0 Å². The molecule has 6 nitrogen and oxygen atoms in total. The highest BCUT2D eigenvalue weighted by molar-refractivity contribution is 5.79. The van der Waals surface area contributed by atoms with Crippen molar-refractivity contribution in [3.05, 3.63) is 59.7 Å². The van der Waals surface area contributed by atoms with E-state index in [2.05, 4.69) is 15.6 Å². The Morgan fingerprint density at radius 1 is 1.08 bits per heavy atom. The van der Waals surface area contributed by atoms with Crippen molar-refractivity contribution >= 4 is 5.96 Å². The first-order valence-electron chi connectivity index (χ1n) is 8.72. The highest BCUT2D eigenvalue weighted by Gasteiger charge is 2.03. The predicted molar refractivity (Wildman–Crippen MR) is 104 cm³/mol. The zero-order valence-electron chi connectivity index (χ0n) is 15.4. The fourth-order valence-corrected chi connectivity index (χ4v) is 2.35. The number of ether oxygens (including phenoxy) is 2. The second-order valence-corrected chi connectivity index (χ2v) is 5.67. The molecule has 0 bridgehead atoms. The average Bonchev–Trinajstić information content (AvgIpc) is 2.66. The first-order chi connectivity index (χ1) is 12.7. The third-order valence-corrected chi connectivity index (χ3v) is 3.66. The topological polar surface area (TPSA) is 75.1 Å². The van der Waals surface area contributed by atoms with Crippen molar-refractivity contribution in [1.29, 1.82) is 0 Å². The van der Waals surface area contributed by atoms with Gasteiger partial charge in [0.2, 0.25) is 0 Å². The molecular weight excluding hydrogens is 330 g/mol. The molecule has 0 unspecified atom stereocenters. The molecule has 0 saturated carbocycles. The lowest BCUT2D eigenvalue weighted by Crippen LogP contribution is -2.38. The van der Waals surface area contributed by atoms with Crippen LogP contribution >= 0.6 is 0 Å². The lowest BCUT2D eigenvalue weighted by molar-refractivity contribution is 0.125. The molecule has 0 heterocycles. The van der Waals surface area contributed by atoms with E-state index in [1.807, 2.05) is 43.3 Å². The van der Waals surface area contributed by atoms with Crippen LogP contribution in [-0.2, 0) is 17.9 Å². The molecule has 0 spiro atoms. The Hall–Kier alpha value is -2.73. The van der Waals surface area contributed by atoms with Gasteiger partial charge in [0, 0.05) is 13.1 Å². The van der Waals surface area contributed by atoms with Gasteiger partial charge in [-0.1, -0.05) is 36.4 Å². The van der Waals surface area contributed by atoms with Crippen LogP contribution < -0.4 is 15.4 Å². The van der Waals surface area contributed by atoms with Gasteiger partial charge in [-0.2, -0.15) is 0 Å². The van der Waals surface area contributed by atoms with Crippen molar-refractivity contribution in [3.8, 4) is 11.5 Å². The number of rotatable bonds is 9. The highest BCUT2D eigenvalue weighted by atomic mass is 16.5. The number of aliphatic imine (C=N–C) groups is 1. The number of nitrogens with one attached hydrogen (secondary N) is 2. The summed E-state index contributed by atoms with van der Waals surface area (Å²) in [6.45, 7) is 5.08. The minimum Gasteiger partial charge on any atom is -0.504 e. The number of hydrogen-bond acceptors (Lipinski definition) is 4. The zero-order valence-corrected chi connectivity index (χ0v) is 15.4. The summed E-state index contributed by atoms with van der Waals surface area (Å²) in [6, 6.07) is 15.4. The standard InChI is InChI=1S/C20H27N3O3/c1-3-21-20(22-11-12-26-15-16-7-5-4-6-8-16)23-14-17-9-10-19(25-2)18(24)13-17/h4-10,13,24H,3,11-12,14-15H2,1-2H3,(H2,21,22,23). The Labute approximate surface area is 154 Å². The fourth-order valence-electron chi connectivity index (χ4n) is 2.35. The van der Waals surface area contributed by atoms with E-state index in [4.69, 9.17) is 9.47 Å². The van der Waals surface area contributed by atoms with Gasteiger partial charge in [-0.25, -0.2) is 4.99 Å². The van der Waals surface area contributed by atoms with Crippen LogP contribution in [0.15, 0.2) is 53.5 Å². The van der Waals surface area contributed by atoms with Gasteiger partial charge < -0.3 is 25.2 Å². The van der Waals surface area contributed by atoms with Crippen LogP contribution in [0.2, 0.25) is 0 Å². The van der Waals surface area contributed by atoms with E-state index in [0.717, 1.165) is 17.7 Å². The Balaban J connectivity index is 1.78. The average molecular weight is 357 g/mol. The van der Waals surface area contributed by atoms with Crippen molar-refractivity contribution in [2.75, 3.05) is 26.8 Å². The summed E-state index contributed by atoms with van der Waals surface area (Å²) in [6.07, 6.45) is 0. The van der Waals surface area contributed by atoms with Gasteiger partial charge in [-0.3, -0.25) is 0 Å². The molecule has 0 atom stereocenters. The summed E-state index contributed by atoms with van der Waals surface area (Å²) in [7, 11) is 1.53. The smallest absolute Gasteiger partial charge is 0.191 e. The first kappa shape index (κ1) is 19.6. The molecule has 2 aromatic carbocycles. The van der Waals surface area contributed by atoms with Crippen LogP contribution in [0.1, 0.15) is 18.1 Å². The maximum Gasteiger partial charge on any atom is 0.191 e. The van der Waals surface area contributed by atoms with Gasteiger partial charge in [0.1, 0.15) is 0 Å². The van der Waals surface area contributed by atoms with Crippen molar-refractivity contribution in [2.24, 2.45) is 4.99 Å². The number of benzene rings is 2. The third kappa shape index (κ3) is 6.64. The van der Waals surface area contributed by atoms with E-state index < -0.39 is 0 Å². The molecule has 0 aliphatic rings. The predicted octanol–water partition coefficient (Wildman–Crippen LogP) is 2.67. The molecule has 0 aliphatic carbocycles. The number of nitrogens with zero attached hydrogens (tertiary/aromatic N) is 1. The Morgan fingerprint density at radius 3 is 2.58 bits per heavy atom. The van der Waals surface area contributed by atoms with E-state index >= 15 is 0 Å². The Bertz CT molecular complexity index is 690. The van der Waals surface area contributed by atoms with Gasteiger partial charge in [0.15, 0.2) is 17.5 Å². The van der Waals surface area contributed by atoms with E-state index in [1.54, 1.807) is 12.1 Å². The molecular formula is C20H27N3O3. The highest BCUT2D eigenvalue weighted by Crippen LogP contribution is 2.26. The Morgan fingerprint density at radius 2 is 1.88 bits per heavy atom. The second kappa shape index (κ2) is 11.0. The number of phenolic OH excluding ortho intramolecular Hbond substituents is 1.